The number of benzene rings is 1. The van der Waals surface area contributed by atoms with Gasteiger partial charge >= 0.3 is 5.91 Å². The number of ether oxygens (including phenoxy) is 2. The maximum atomic E-state index is 14.5. The van der Waals surface area contributed by atoms with Gasteiger partial charge in [0, 0.05) is 23.6 Å². The highest BCUT2D eigenvalue weighted by Gasteiger charge is 2.51. The van der Waals surface area contributed by atoms with Crippen LogP contribution >= 0.6 is 0 Å². The van der Waals surface area contributed by atoms with Crippen LogP contribution in [0.5, 0.6) is 5.75 Å². The quantitative estimate of drug-likeness (QED) is 0.696. The van der Waals surface area contributed by atoms with Crippen LogP contribution in [0.3, 0.4) is 0 Å². The van der Waals surface area contributed by atoms with Crippen molar-refractivity contribution in [1.29, 1.82) is 0 Å². The van der Waals surface area contributed by atoms with Crippen LogP contribution in [0.2, 0.25) is 0 Å². The van der Waals surface area contributed by atoms with E-state index in [4.69, 9.17) is 15.2 Å². The molecule has 2 aromatic rings. The van der Waals surface area contributed by atoms with Gasteiger partial charge in [-0.2, -0.15) is 4.39 Å². The molecule has 5 N–H and O–H groups in total. The number of aromatic nitrogens is 1. The zero-order valence-corrected chi connectivity index (χ0v) is 18.2. The van der Waals surface area contributed by atoms with Crippen molar-refractivity contribution in [2.45, 2.75) is 45.3 Å². The van der Waals surface area contributed by atoms with Crippen LogP contribution in [0.25, 0.3) is 0 Å². The van der Waals surface area contributed by atoms with E-state index in [1.165, 1.54) is 18.3 Å². The lowest BCUT2D eigenvalue weighted by Gasteiger charge is -2.26. The number of pyridine rings is 1. The van der Waals surface area contributed by atoms with E-state index in [0.717, 1.165) is 6.07 Å². The van der Waals surface area contributed by atoms with Crippen LogP contribution in [0.15, 0.2) is 30.5 Å². The largest absolute Gasteiger partial charge is 0.870 e. The minimum absolute atomic E-state index is 0. The first-order chi connectivity index (χ1) is 14.6. The van der Waals surface area contributed by atoms with Gasteiger partial charge < -0.3 is 26.0 Å². The number of nitrogens with one attached hydrogen (secondary N) is 2. The summed E-state index contributed by atoms with van der Waals surface area (Å²) in [5.41, 5.74) is 5.37. The van der Waals surface area contributed by atoms with Crippen molar-refractivity contribution >= 4 is 17.5 Å². The number of H-pyrrole nitrogens is 1. The van der Waals surface area contributed by atoms with Gasteiger partial charge in [-0.05, 0) is 32.8 Å². The summed E-state index contributed by atoms with van der Waals surface area (Å²) in [6.07, 6.45) is 0.466. The minimum Gasteiger partial charge on any atom is -0.870 e. The molecule has 3 rings (SSSR count). The van der Waals surface area contributed by atoms with Crippen LogP contribution in [0, 0.1) is 17.6 Å². The Kier molecular flexibility index (Phi) is 7.53. The van der Waals surface area contributed by atoms with Crippen LogP contribution in [-0.4, -0.2) is 35.6 Å². The fraction of sp³-hybridized carbons (Fsp3) is 0.409. The Morgan fingerprint density at radius 2 is 1.97 bits per heavy atom. The third-order valence-electron chi connectivity index (χ3n) is 5.71. The lowest BCUT2D eigenvalue weighted by Crippen LogP contribution is -2.33. The van der Waals surface area contributed by atoms with Crippen molar-refractivity contribution in [1.82, 2.24) is 0 Å². The molecule has 174 valence electrons. The number of hydrogen-bond acceptors (Lipinski definition) is 5. The number of aromatic amines is 1. The number of nitrogens with two attached hydrogens (primary N) is 1. The van der Waals surface area contributed by atoms with Crippen LogP contribution in [-0.2, 0) is 9.53 Å². The molecule has 2 heterocycles. The summed E-state index contributed by atoms with van der Waals surface area (Å²) in [4.78, 5) is 27.2. The van der Waals surface area contributed by atoms with E-state index in [9.17, 15) is 18.4 Å². The Hall–Kier alpha value is -3.11. The molecule has 0 bridgehead atoms. The summed E-state index contributed by atoms with van der Waals surface area (Å²) in [7, 11) is 0. The number of primary amides is 1. The summed E-state index contributed by atoms with van der Waals surface area (Å²) in [6.45, 7) is 7.35. The Morgan fingerprint density at radius 1 is 1.28 bits per heavy atom. The van der Waals surface area contributed by atoms with Gasteiger partial charge in [0.2, 0.25) is 5.82 Å². The number of rotatable bonds is 6. The number of carbonyl (C=O) groups is 2. The van der Waals surface area contributed by atoms with Gasteiger partial charge in [-0.3, -0.25) is 9.59 Å². The molecular formula is C22H27F2N3O5. The predicted molar refractivity (Wildman–Crippen MR) is 110 cm³/mol. The molecule has 1 saturated heterocycles. The first-order valence-electron chi connectivity index (χ1n) is 9.97. The van der Waals surface area contributed by atoms with E-state index >= 15 is 0 Å². The maximum Gasteiger partial charge on any atom is 0.313 e. The summed E-state index contributed by atoms with van der Waals surface area (Å²) in [5, 5.41) is 2.71. The summed E-state index contributed by atoms with van der Waals surface area (Å²) >= 11 is 0. The fourth-order valence-corrected chi connectivity index (χ4v) is 3.85. The Morgan fingerprint density at radius 3 is 2.59 bits per heavy atom. The predicted octanol–water partition coefficient (Wildman–Crippen LogP) is 2.64. The lowest BCUT2D eigenvalue weighted by molar-refractivity contribution is -0.381. The van der Waals surface area contributed by atoms with Crippen molar-refractivity contribution in [3.8, 4) is 5.75 Å². The van der Waals surface area contributed by atoms with Crippen molar-refractivity contribution in [3.05, 3.63) is 53.4 Å². The molecule has 0 saturated carbocycles. The van der Waals surface area contributed by atoms with E-state index in [2.05, 4.69) is 10.3 Å². The molecule has 3 atom stereocenters. The number of hydrogen-bond donors (Lipinski definition) is 2. The van der Waals surface area contributed by atoms with Crippen molar-refractivity contribution in [2.24, 2.45) is 11.7 Å². The molecule has 0 spiro atoms. The van der Waals surface area contributed by atoms with Crippen molar-refractivity contribution in [3.63, 3.8) is 0 Å². The monoisotopic (exact) mass is 451 g/mol. The lowest BCUT2D eigenvalue weighted by atomic mass is 9.78. The van der Waals surface area contributed by atoms with E-state index in [1.807, 2.05) is 20.8 Å². The maximum absolute atomic E-state index is 14.5. The summed E-state index contributed by atoms with van der Waals surface area (Å²) < 4.78 is 39.9. The fourth-order valence-electron chi connectivity index (χ4n) is 3.85. The van der Waals surface area contributed by atoms with Crippen LogP contribution in [0.1, 0.15) is 49.7 Å². The molecular weight excluding hydrogens is 424 g/mol. The minimum atomic E-state index is -1.10. The summed E-state index contributed by atoms with van der Waals surface area (Å²) in [5.74, 6) is -4.34. The highest BCUT2D eigenvalue weighted by molar-refractivity contribution is 5.96. The third-order valence-corrected chi connectivity index (χ3v) is 5.71. The molecule has 8 nitrogen and oxygen atoms in total. The first-order valence-corrected chi connectivity index (χ1v) is 9.97. The van der Waals surface area contributed by atoms with E-state index in [0.29, 0.717) is 11.3 Å². The summed E-state index contributed by atoms with van der Waals surface area (Å²) in [6, 6.07) is 5.42. The van der Waals surface area contributed by atoms with Crippen LogP contribution < -0.4 is 20.8 Å². The second-order valence-electron chi connectivity index (χ2n) is 8.01. The van der Waals surface area contributed by atoms with Gasteiger partial charge in [0.15, 0.2) is 17.8 Å². The molecule has 10 heteroatoms. The second kappa shape index (κ2) is 9.58. The standard InChI is InChI=1S/C22H25F2N3O4.H2O/c1-5-30-18-13(6-7-14(23)17(18)24)16-11(2)22(3,4)31-19(16)21(29)27-12-8-9-26-15(10-12)20(25)28;/h6-11,16,19H,5H2,1-4H3,(H2,25,28)(H,26,27,29);1H2/t11-,16-,19+;/m0./s1. The van der Waals surface area contributed by atoms with E-state index < -0.39 is 41.1 Å². The molecule has 1 aromatic heterocycles. The average Bonchev–Trinajstić information content (AvgIpc) is 2.96. The Labute approximate surface area is 184 Å². The number of anilines is 1. The smallest absolute Gasteiger partial charge is 0.313 e. The van der Waals surface area contributed by atoms with E-state index in [1.54, 1.807) is 13.0 Å². The third kappa shape index (κ3) is 4.71. The molecule has 1 aliphatic heterocycles. The normalized spacial score (nSPS) is 21.5. The SMILES string of the molecule is CCOc1c([C@H]2[C@H](C(=O)Nc3cc[nH+]c(C(N)=O)c3)OC(C)(C)[C@H]2C)ccc(F)c1F.[OH-]. The molecule has 1 aromatic carbocycles. The zero-order chi connectivity index (χ0) is 22.9. The van der Waals surface area contributed by atoms with Gasteiger partial charge in [-0.15, -0.1) is 0 Å². The molecule has 2 amide bonds. The van der Waals surface area contributed by atoms with Crippen molar-refractivity contribution < 1.29 is 38.3 Å². The topological polar surface area (TPSA) is 135 Å². The van der Waals surface area contributed by atoms with Crippen molar-refractivity contribution in [2.75, 3.05) is 11.9 Å². The molecule has 1 fully saturated rings. The van der Waals surface area contributed by atoms with Gasteiger partial charge in [0.1, 0.15) is 6.10 Å². The van der Waals surface area contributed by atoms with E-state index in [-0.39, 0.29) is 29.4 Å². The van der Waals surface area contributed by atoms with Gasteiger partial charge in [-0.1, -0.05) is 13.0 Å². The van der Waals surface area contributed by atoms with Crippen LogP contribution in [0.4, 0.5) is 14.5 Å². The highest BCUT2D eigenvalue weighted by atomic mass is 19.2. The van der Waals surface area contributed by atoms with Gasteiger partial charge in [0.25, 0.3) is 11.6 Å². The number of carbonyl (C=O) groups excluding carboxylic acids is 2. The average molecular weight is 451 g/mol. The molecule has 0 aliphatic carbocycles. The molecule has 32 heavy (non-hydrogen) atoms. The highest BCUT2D eigenvalue weighted by Crippen LogP contribution is 2.49. The molecule has 0 radical (unpaired) electrons. The first kappa shape index (κ1) is 25.2. The number of amides is 2. The number of halogens is 2. The van der Waals surface area contributed by atoms with Gasteiger partial charge in [-0.25, -0.2) is 9.37 Å². The Balaban J connectivity index is 0.00000363. The Bertz CT molecular complexity index is 1020. The molecule has 1 aliphatic rings. The zero-order valence-electron chi connectivity index (χ0n) is 18.2. The van der Waals surface area contributed by atoms with Gasteiger partial charge in [0.05, 0.1) is 17.9 Å². The molecule has 0 unspecified atom stereocenters. The second-order valence-corrected chi connectivity index (χ2v) is 8.01.